The molecule has 0 saturated carbocycles. The van der Waals surface area contributed by atoms with Gasteiger partial charge < -0.3 is 14.9 Å². The monoisotopic (exact) mass is 166 g/mol. The van der Waals surface area contributed by atoms with Crippen LogP contribution in [0.25, 0.3) is 0 Å². The van der Waals surface area contributed by atoms with Crippen LogP contribution in [0.5, 0.6) is 17.2 Å². The third-order valence-electron chi connectivity index (χ3n) is 1.31. The second-order valence-electron chi connectivity index (χ2n) is 2.21. The smallest absolute Gasteiger partial charge is 0.201 e. The van der Waals surface area contributed by atoms with Crippen molar-refractivity contribution in [1.82, 2.24) is 0 Å². The molecule has 64 valence electrons. The van der Waals surface area contributed by atoms with E-state index in [-0.39, 0.29) is 17.2 Å². The van der Waals surface area contributed by atoms with Gasteiger partial charge in [0.1, 0.15) is 0 Å². The topological polar surface area (TPSA) is 49.7 Å². The van der Waals surface area contributed by atoms with Gasteiger partial charge in [0.2, 0.25) is 5.75 Å². The van der Waals surface area contributed by atoms with Crippen LogP contribution < -0.4 is 4.74 Å². The first-order chi connectivity index (χ1) is 5.75. The molecule has 0 unspecified atom stereocenters. The number of hydrogen-bond acceptors (Lipinski definition) is 3. The summed E-state index contributed by atoms with van der Waals surface area (Å²) in [5.74, 6) is -0.180. The summed E-state index contributed by atoms with van der Waals surface area (Å²) in [5.41, 5.74) is 0. The Labute approximate surface area is 70.5 Å². The minimum atomic E-state index is -0.240. The molecule has 0 bridgehead atoms. The zero-order valence-corrected chi connectivity index (χ0v) is 6.69. The van der Waals surface area contributed by atoms with E-state index in [1.54, 1.807) is 25.1 Å². The van der Waals surface area contributed by atoms with Gasteiger partial charge in [0.05, 0.1) is 6.26 Å². The van der Waals surface area contributed by atoms with Gasteiger partial charge in [-0.3, -0.25) is 0 Å². The number of phenolic OH excluding ortho intramolecular Hbond substituents is 2. The number of aromatic hydroxyl groups is 2. The van der Waals surface area contributed by atoms with Gasteiger partial charge in [-0.05, 0) is 19.1 Å². The summed E-state index contributed by atoms with van der Waals surface area (Å²) in [6.45, 7) is 1.79. The minimum Gasteiger partial charge on any atom is -0.504 e. The number of rotatable bonds is 2. The average Bonchev–Trinajstić information content (AvgIpc) is 2.08. The molecule has 1 rings (SSSR count). The second kappa shape index (κ2) is 3.67. The number of ether oxygens (including phenoxy) is 1. The predicted molar refractivity (Wildman–Crippen MR) is 45.2 cm³/mol. The lowest BCUT2D eigenvalue weighted by Crippen LogP contribution is -1.81. The first-order valence-corrected chi connectivity index (χ1v) is 3.54. The van der Waals surface area contributed by atoms with Crippen LogP contribution in [0.2, 0.25) is 0 Å². The molecule has 0 aliphatic heterocycles. The summed E-state index contributed by atoms with van der Waals surface area (Å²) in [6, 6.07) is 4.54. The van der Waals surface area contributed by atoms with E-state index in [4.69, 9.17) is 9.84 Å². The van der Waals surface area contributed by atoms with Gasteiger partial charge in [0.25, 0.3) is 0 Å². The lowest BCUT2D eigenvalue weighted by atomic mass is 10.3. The van der Waals surface area contributed by atoms with Crippen LogP contribution in [-0.2, 0) is 0 Å². The average molecular weight is 166 g/mol. The van der Waals surface area contributed by atoms with E-state index in [9.17, 15) is 5.11 Å². The number of allylic oxidation sites excluding steroid dienone is 1. The van der Waals surface area contributed by atoms with E-state index < -0.39 is 0 Å². The van der Waals surface area contributed by atoms with E-state index in [0.717, 1.165) is 0 Å². The maximum atomic E-state index is 9.22. The van der Waals surface area contributed by atoms with Crippen LogP contribution in [0.4, 0.5) is 0 Å². The Kier molecular flexibility index (Phi) is 2.58. The first kappa shape index (κ1) is 8.46. The van der Waals surface area contributed by atoms with Crippen LogP contribution in [0.15, 0.2) is 30.5 Å². The molecular weight excluding hydrogens is 156 g/mol. The van der Waals surface area contributed by atoms with Crippen molar-refractivity contribution in [3.05, 3.63) is 30.5 Å². The molecule has 0 aliphatic carbocycles. The highest BCUT2D eigenvalue weighted by Gasteiger charge is 2.04. The van der Waals surface area contributed by atoms with Crippen LogP contribution in [-0.4, -0.2) is 10.2 Å². The molecule has 12 heavy (non-hydrogen) atoms. The molecule has 0 spiro atoms. The normalized spacial score (nSPS) is 10.4. The van der Waals surface area contributed by atoms with Gasteiger partial charge in [-0.2, -0.15) is 0 Å². The minimum absolute atomic E-state index is 0.183. The van der Waals surface area contributed by atoms with E-state index in [1.807, 2.05) is 0 Å². The summed E-state index contributed by atoms with van der Waals surface area (Å²) in [4.78, 5) is 0. The molecule has 0 radical (unpaired) electrons. The Morgan fingerprint density at radius 1 is 1.33 bits per heavy atom. The van der Waals surface area contributed by atoms with Crippen LogP contribution in [0.1, 0.15) is 6.92 Å². The lowest BCUT2D eigenvalue weighted by Gasteiger charge is -2.03. The van der Waals surface area contributed by atoms with Crippen molar-refractivity contribution in [3.8, 4) is 17.2 Å². The van der Waals surface area contributed by atoms with Crippen molar-refractivity contribution in [1.29, 1.82) is 0 Å². The summed E-state index contributed by atoms with van der Waals surface area (Å²) in [6.07, 6.45) is 3.11. The number of para-hydroxylation sites is 1. The highest BCUT2D eigenvalue weighted by atomic mass is 16.5. The maximum absolute atomic E-state index is 9.22. The SMILES string of the molecule is CC=COc1cccc(O)c1O. The molecule has 0 heterocycles. The van der Waals surface area contributed by atoms with Crippen molar-refractivity contribution >= 4 is 0 Å². The summed E-state index contributed by atoms with van der Waals surface area (Å²) < 4.78 is 4.98. The molecule has 2 N–H and O–H groups in total. The molecule has 0 saturated heterocycles. The third-order valence-corrected chi connectivity index (χ3v) is 1.31. The molecule has 0 amide bonds. The zero-order valence-electron chi connectivity index (χ0n) is 6.69. The molecule has 1 aromatic rings. The molecule has 0 aliphatic rings. The largest absolute Gasteiger partial charge is 0.504 e. The Morgan fingerprint density at radius 3 is 2.75 bits per heavy atom. The Morgan fingerprint density at radius 2 is 2.08 bits per heavy atom. The van der Waals surface area contributed by atoms with Gasteiger partial charge in [0, 0.05) is 0 Å². The van der Waals surface area contributed by atoms with Gasteiger partial charge in [-0.15, -0.1) is 0 Å². The number of benzene rings is 1. The Balaban J connectivity index is 2.92. The molecule has 0 atom stereocenters. The zero-order chi connectivity index (χ0) is 8.97. The van der Waals surface area contributed by atoms with Gasteiger partial charge in [-0.25, -0.2) is 0 Å². The summed E-state index contributed by atoms with van der Waals surface area (Å²) >= 11 is 0. The van der Waals surface area contributed by atoms with Crippen molar-refractivity contribution < 1.29 is 14.9 Å². The standard InChI is InChI=1S/C9H10O3/c1-2-6-12-8-5-3-4-7(10)9(8)11/h2-6,10-11H,1H3. The second-order valence-corrected chi connectivity index (χ2v) is 2.21. The van der Waals surface area contributed by atoms with Crippen LogP contribution in [0, 0.1) is 0 Å². The number of hydrogen-bond donors (Lipinski definition) is 2. The molecule has 3 heteroatoms. The molecule has 1 aromatic carbocycles. The van der Waals surface area contributed by atoms with E-state index in [1.165, 1.54) is 12.3 Å². The Bertz CT molecular complexity index is 292. The summed E-state index contributed by atoms with van der Waals surface area (Å²) in [5, 5.41) is 18.3. The number of phenols is 2. The van der Waals surface area contributed by atoms with Gasteiger partial charge in [-0.1, -0.05) is 12.1 Å². The van der Waals surface area contributed by atoms with Crippen molar-refractivity contribution in [2.45, 2.75) is 6.92 Å². The Hall–Kier alpha value is -1.64. The van der Waals surface area contributed by atoms with E-state index >= 15 is 0 Å². The first-order valence-electron chi connectivity index (χ1n) is 3.54. The van der Waals surface area contributed by atoms with Gasteiger partial charge >= 0.3 is 0 Å². The lowest BCUT2D eigenvalue weighted by molar-refractivity contribution is 0.372. The third kappa shape index (κ3) is 1.69. The van der Waals surface area contributed by atoms with Crippen molar-refractivity contribution in [2.24, 2.45) is 0 Å². The fourth-order valence-corrected chi connectivity index (χ4v) is 0.747. The van der Waals surface area contributed by atoms with E-state index in [2.05, 4.69) is 0 Å². The predicted octanol–water partition coefficient (Wildman–Crippen LogP) is 2.01. The quantitative estimate of drug-likeness (QED) is 0.522. The maximum Gasteiger partial charge on any atom is 0.201 e. The van der Waals surface area contributed by atoms with Crippen LogP contribution in [0.3, 0.4) is 0 Å². The molecule has 0 aromatic heterocycles. The fraction of sp³-hybridized carbons (Fsp3) is 0.111. The molecule has 0 fully saturated rings. The molecular formula is C9H10O3. The highest BCUT2D eigenvalue weighted by molar-refractivity contribution is 5.49. The van der Waals surface area contributed by atoms with E-state index in [0.29, 0.717) is 0 Å². The highest BCUT2D eigenvalue weighted by Crippen LogP contribution is 2.34. The van der Waals surface area contributed by atoms with Gasteiger partial charge in [0.15, 0.2) is 11.5 Å². The fourth-order valence-electron chi connectivity index (χ4n) is 0.747. The molecule has 3 nitrogen and oxygen atoms in total. The van der Waals surface area contributed by atoms with Crippen molar-refractivity contribution in [3.63, 3.8) is 0 Å². The van der Waals surface area contributed by atoms with Crippen LogP contribution >= 0.6 is 0 Å². The summed E-state index contributed by atoms with van der Waals surface area (Å²) in [7, 11) is 0. The van der Waals surface area contributed by atoms with Crippen molar-refractivity contribution in [2.75, 3.05) is 0 Å².